The van der Waals surface area contributed by atoms with Crippen LogP contribution < -0.4 is 5.43 Å². The molecule has 1 aliphatic rings. The summed E-state index contributed by atoms with van der Waals surface area (Å²) in [5.74, 6) is 0.817. The van der Waals surface area contributed by atoms with Crippen molar-refractivity contribution < 1.29 is 4.59 Å². The summed E-state index contributed by atoms with van der Waals surface area (Å²) in [5, 5.41) is 0. The van der Waals surface area contributed by atoms with Gasteiger partial charge >= 0.3 is 0 Å². The van der Waals surface area contributed by atoms with Gasteiger partial charge in [-0.25, -0.2) is 0 Å². The summed E-state index contributed by atoms with van der Waals surface area (Å²) >= 11 is 0. The van der Waals surface area contributed by atoms with Gasteiger partial charge in [0.25, 0.3) is 0 Å². The summed E-state index contributed by atoms with van der Waals surface area (Å²) in [5.41, 5.74) is 3.95. The number of hydrogen-bond acceptors (Lipinski definition) is 1. The van der Waals surface area contributed by atoms with Crippen molar-refractivity contribution >= 4 is 0 Å². The molecule has 0 amide bonds. The second kappa shape index (κ2) is 2.46. The highest BCUT2D eigenvalue weighted by molar-refractivity contribution is 4.77. The molecule has 2 heteroatoms. The molecule has 0 bridgehead atoms. The molecule has 2 nitrogen and oxygen atoms in total. The van der Waals surface area contributed by atoms with E-state index >= 15 is 0 Å². The Kier molecular flexibility index (Phi) is 2.01. The van der Waals surface area contributed by atoms with Crippen LogP contribution >= 0.6 is 0 Å². The Hall–Kier alpha value is -0.0800. The van der Waals surface area contributed by atoms with Crippen molar-refractivity contribution in [2.45, 2.75) is 20.8 Å². The highest BCUT2D eigenvalue weighted by Crippen LogP contribution is 2.29. The number of hydrogen-bond donors (Lipinski definition) is 1. The number of rotatable bonds is 0. The molecule has 1 N–H and O–H groups in total. The van der Waals surface area contributed by atoms with Crippen molar-refractivity contribution in [2.24, 2.45) is 11.3 Å². The van der Waals surface area contributed by atoms with E-state index in [4.69, 9.17) is 0 Å². The van der Waals surface area contributed by atoms with Crippen molar-refractivity contribution in [3.63, 3.8) is 0 Å². The van der Waals surface area contributed by atoms with Gasteiger partial charge in [-0.15, -0.1) is 0 Å². The zero-order chi connectivity index (χ0) is 8.70. The van der Waals surface area contributed by atoms with Gasteiger partial charge in [-0.2, -0.15) is 5.43 Å². The molecule has 1 rings (SSSR count). The van der Waals surface area contributed by atoms with E-state index in [1.807, 2.05) is 0 Å². The molecule has 0 spiro atoms. The predicted molar refractivity (Wildman–Crippen MR) is 47.9 cm³/mol. The van der Waals surface area contributed by atoms with Gasteiger partial charge in [0.2, 0.25) is 0 Å². The summed E-state index contributed by atoms with van der Waals surface area (Å²) in [7, 11) is 4.46. The number of nitrogens with one attached hydrogen (secondary N) is 1. The first-order valence-corrected chi connectivity index (χ1v) is 4.39. The summed E-state index contributed by atoms with van der Waals surface area (Å²) in [6, 6.07) is 0. The van der Waals surface area contributed by atoms with Gasteiger partial charge in [0.15, 0.2) is 0 Å². The van der Waals surface area contributed by atoms with Crippen LogP contribution in [0.15, 0.2) is 0 Å². The molecule has 1 fully saturated rings. The van der Waals surface area contributed by atoms with Crippen molar-refractivity contribution in [3.8, 4) is 0 Å². The number of nitrogens with zero attached hydrogens (tertiary/aromatic N) is 1. The van der Waals surface area contributed by atoms with Crippen molar-refractivity contribution in [1.82, 2.24) is 5.43 Å². The van der Waals surface area contributed by atoms with Gasteiger partial charge in [-0.1, -0.05) is 20.8 Å². The fourth-order valence-electron chi connectivity index (χ4n) is 1.62. The van der Waals surface area contributed by atoms with E-state index in [0.29, 0.717) is 5.41 Å². The Morgan fingerprint density at radius 3 is 2.00 bits per heavy atom. The standard InChI is InChI=1S/C9H21N2/c1-9(2,3)8-6-10-11(4,5)7-8/h8,10H,6-7H2,1-5H3/q+1. The fraction of sp³-hybridized carbons (Fsp3) is 1.00. The van der Waals surface area contributed by atoms with E-state index in [9.17, 15) is 0 Å². The van der Waals surface area contributed by atoms with E-state index in [2.05, 4.69) is 40.3 Å². The average molecular weight is 157 g/mol. The zero-order valence-electron chi connectivity index (χ0n) is 8.44. The first-order valence-electron chi connectivity index (χ1n) is 4.39. The van der Waals surface area contributed by atoms with E-state index in [-0.39, 0.29) is 0 Å². The first-order chi connectivity index (χ1) is 4.81. The Balaban J connectivity index is 2.55. The van der Waals surface area contributed by atoms with E-state index < -0.39 is 0 Å². The summed E-state index contributed by atoms with van der Waals surface area (Å²) in [4.78, 5) is 0. The van der Waals surface area contributed by atoms with Crippen molar-refractivity contribution in [1.29, 1.82) is 0 Å². The van der Waals surface area contributed by atoms with Crippen LogP contribution in [0, 0.1) is 11.3 Å². The Labute approximate surface area is 70.1 Å². The molecule has 66 valence electrons. The molecule has 0 aliphatic carbocycles. The van der Waals surface area contributed by atoms with Crippen LogP contribution in [0.3, 0.4) is 0 Å². The average Bonchev–Trinajstić information content (AvgIpc) is 2.07. The van der Waals surface area contributed by atoms with Gasteiger partial charge in [0.05, 0.1) is 20.6 Å². The van der Waals surface area contributed by atoms with Crippen LogP contribution in [0.5, 0.6) is 0 Å². The van der Waals surface area contributed by atoms with Gasteiger partial charge < -0.3 is 0 Å². The van der Waals surface area contributed by atoms with Gasteiger partial charge in [0, 0.05) is 5.92 Å². The maximum atomic E-state index is 3.49. The number of quaternary nitrogens is 1. The van der Waals surface area contributed by atoms with Crippen LogP contribution in [0.2, 0.25) is 0 Å². The molecule has 0 aromatic carbocycles. The third-order valence-corrected chi connectivity index (χ3v) is 2.67. The van der Waals surface area contributed by atoms with Gasteiger partial charge in [-0.3, -0.25) is 4.59 Å². The highest BCUT2D eigenvalue weighted by atomic mass is 15.7. The molecule has 0 aromatic rings. The summed E-state index contributed by atoms with van der Waals surface area (Å²) in [6.45, 7) is 9.39. The first kappa shape index (κ1) is 9.01. The Morgan fingerprint density at radius 2 is 1.82 bits per heavy atom. The van der Waals surface area contributed by atoms with Crippen LogP contribution in [-0.4, -0.2) is 31.8 Å². The molecule has 0 aromatic heterocycles. The lowest BCUT2D eigenvalue weighted by molar-refractivity contribution is -0.922. The molecular weight excluding hydrogens is 136 g/mol. The molecule has 1 atom stereocenters. The highest BCUT2D eigenvalue weighted by Gasteiger charge is 2.37. The molecule has 11 heavy (non-hydrogen) atoms. The SMILES string of the molecule is CC(C)(C)C1CN[N+](C)(C)C1. The normalized spacial score (nSPS) is 30.8. The van der Waals surface area contributed by atoms with Crippen LogP contribution in [0.1, 0.15) is 20.8 Å². The summed E-state index contributed by atoms with van der Waals surface area (Å²) in [6.07, 6.45) is 0. The quantitative estimate of drug-likeness (QED) is 0.522. The Morgan fingerprint density at radius 1 is 1.27 bits per heavy atom. The lowest BCUT2D eigenvalue weighted by atomic mass is 9.81. The maximum absolute atomic E-state index is 3.49. The molecule has 0 radical (unpaired) electrons. The van der Waals surface area contributed by atoms with E-state index in [1.165, 1.54) is 6.54 Å². The third-order valence-electron chi connectivity index (χ3n) is 2.67. The minimum atomic E-state index is 0.457. The Bertz CT molecular complexity index is 144. The van der Waals surface area contributed by atoms with Crippen molar-refractivity contribution in [3.05, 3.63) is 0 Å². The second-order valence-electron chi connectivity index (χ2n) is 5.29. The smallest absolute Gasteiger partial charge is 0.101 e. The molecule has 1 heterocycles. The summed E-state index contributed by atoms with van der Waals surface area (Å²) < 4.78 is 0.974. The molecule has 1 aliphatic heterocycles. The largest absolute Gasteiger partial charge is 0.250 e. The fourth-order valence-corrected chi connectivity index (χ4v) is 1.62. The molecular formula is C9H21N2+. The minimum absolute atomic E-state index is 0.457. The second-order valence-corrected chi connectivity index (χ2v) is 5.29. The minimum Gasteiger partial charge on any atom is -0.250 e. The van der Waals surface area contributed by atoms with E-state index in [1.54, 1.807) is 0 Å². The van der Waals surface area contributed by atoms with Crippen molar-refractivity contribution in [2.75, 3.05) is 27.2 Å². The third kappa shape index (κ3) is 2.17. The maximum Gasteiger partial charge on any atom is 0.101 e. The van der Waals surface area contributed by atoms with Crippen LogP contribution in [0.4, 0.5) is 0 Å². The molecule has 1 saturated heterocycles. The molecule has 1 unspecified atom stereocenters. The van der Waals surface area contributed by atoms with Crippen LogP contribution in [0.25, 0.3) is 0 Å². The van der Waals surface area contributed by atoms with Crippen LogP contribution in [-0.2, 0) is 0 Å². The zero-order valence-corrected chi connectivity index (χ0v) is 8.44. The lowest BCUT2D eigenvalue weighted by Crippen LogP contribution is -2.45. The monoisotopic (exact) mass is 157 g/mol. The topological polar surface area (TPSA) is 12.0 Å². The van der Waals surface area contributed by atoms with Gasteiger partial charge in [0.1, 0.15) is 6.54 Å². The van der Waals surface area contributed by atoms with E-state index in [0.717, 1.165) is 17.1 Å². The van der Waals surface area contributed by atoms with Gasteiger partial charge in [-0.05, 0) is 5.41 Å². The molecule has 0 saturated carbocycles. The predicted octanol–water partition coefficient (Wildman–Crippen LogP) is 1.24. The lowest BCUT2D eigenvalue weighted by Gasteiger charge is -2.26.